The second-order valence-electron chi connectivity index (χ2n) is 6.53. The summed E-state index contributed by atoms with van der Waals surface area (Å²) in [6.45, 7) is 2.28. The molecular weight excluding hydrogens is 381 g/mol. The Balaban J connectivity index is 1.91. The molecule has 0 spiro atoms. The van der Waals surface area contributed by atoms with Crippen LogP contribution in [-0.2, 0) is 4.74 Å². The van der Waals surface area contributed by atoms with Crippen molar-refractivity contribution in [2.75, 3.05) is 24.6 Å². The summed E-state index contributed by atoms with van der Waals surface area (Å²) in [4.78, 5) is 6.51. The van der Waals surface area contributed by atoms with E-state index in [1.807, 2.05) is 6.07 Å². The van der Waals surface area contributed by atoms with Crippen molar-refractivity contribution >= 4 is 40.6 Å². The third-order valence-electron chi connectivity index (χ3n) is 4.74. The first-order valence-corrected chi connectivity index (χ1v) is 9.69. The van der Waals surface area contributed by atoms with Gasteiger partial charge in [-0.3, -0.25) is 0 Å². The van der Waals surface area contributed by atoms with Crippen LogP contribution in [0.3, 0.4) is 0 Å². The van der Waals surface area contributed by atoms with E-state index in [0.29, 0.717) is 18.3 Å². The second-order valence-corrected chi connectivity index (χ2v) is 7.65. The Morgan fingerprint density at radius 2 is 2.04 bits per heavy atom. The van der Waals surface area contributed by atoms with E-state index in [9.17, 15) is 5.26 Å². The van der Waals surface area contributed by atoms with E-state index >= 15 is 0 Å². The van der Waals surface area contributed by atoms with Gasteiger partial charge in [0.15, 0.2) is 11.0 Å². The normalized spacial score (nSPS) is 22.8. The molecule has 2 atom stereocenters. The lowest BCUT2D eigenvalue weighted by molar-refractivity contribution is 0.114. The molecule has 1 aliphatic carbocycles. The fraction of sp³-hybridized carbons (Fsp3) is 0.556. The highest BCUT2D eigenvalue weighted by Crippen LogP contribution is 2.37. The van der Waals surface area contributed by atoms with E-state index in [4.69, 9.17) is 39.5 Å². The minimum atomic E-state index is 0.107. The van der Waals surface area contributed by atoms with Crippen molar-refractivity contribution in [2.45, 2.75) is 38.2 Å². The zero-order valence-electron chi connectivity index (χ0n) is 13.9. The number of halogens is 3. The SMILES string of the molecule is N#Cc1c(Cl)c(Cl)nc(N(C[C@@H]2CC=CCC2)C[C@H]2CCCO2)c1Cl. The molecule has 1 saturated heterocycles. The summed E-state index contributed by atoms with van der Waals surface area (Å²) >= 11 is 18.7. The molecule has 0 amide bonds. The van der Waals surface area contributed by atoms with Gasteiger partial charge in [0.05, 0.1) is 16.7 Å². The molecule has 4 nitrogen and oxygen atoms in total. The van der Waals surface area contributed by atoms with Gasteiger partial charge in [-0.2, -0.15) is 5.26 Å². The quantitative estimate of drug-likeness (QED) is 0.500. The van der Waals surface area contributed by atoms with E-state index in [1.54, 1.807) is 0 Å². The molecule has 0 unspecified atom stereocenters. The molecule has 3 rings (SSSR count). The van der Waals surface area contributed by atoms with E-state index in [1.165, 1.54) is 0 Å². The van der Waals surface area contributed by atoms with Crippen molar-refractivity contribution in [2.24, 2.45) is 5.92 Å². The van der Waals surface area contributed by atoms with Crippen LogP contribution in [0.2, 0.25) is 15.2 Å². The third-order valence-corrected chi connectivity index (χ3v) is 5.83. The fourth-order valence-electron chi connectivity index (χ4n) is 3.43. The van der Waals surface area contributed by atoms with Crippen molar-refractivity contribution in [1.29, 1.82) is 5.26 Å². The summed E-state index contributed by atoms with van der Waals surface area (Å²) in [6.07, 6.45) is 9.93. The fourth-order valence-corrected chi connectivity index (χ4v) is 4.13. The van der Waals surface area contributed by atoms with Crippen LogP contribution >= 0.6 is 34.8 Å². The molecule has 2 heterocycles. The molecular formula is C18H20Cl3N3O. The molecule has 25 heavy (non-hydrogen) atoms. The number of aromatic nitrogens is 1. The van der Waals surface area contributed by atoms with Crippen LogP contribution in [0.5, 0.6) is 0 Å². The maximum absolute atomic E-state index is 9.38. The van der Waals surface area contributed by atoms with Crippen molar-refractivity contribution in [3.05, 3.63) is 32.9 Å². The van der Waals surface area contributed by atoms with Gasteiger partial charge in [0, 0.05) is 19.7 Å². The van der Waals surface area contributed by atoms with E-state index < -0.39 is 0 Å². The lowest BCUT2D eigenvalue weighted by atomic mass is 9.93. The Kier molecular flexibility index (Phi) is 6.46. The highest BCUT2D eigenvalue weighted by atomic mass is 35.5. The topological polar surface area (TPSA) is 49.2 Å². The smallest absolute Gasteiger partial charge is 0.151 e. The van der Waals surface area contributed by atoms with Crippen LogP contribution in [0.25, 0.3) is 0 Å². The number of ether oxygens (including phenoxy) is 1. The van der Waals surface area contributed by atoms with Crippen LogP contribution in [0.4, 0.5) is 5.82 Å². The molecule has 1 fully saturated rings. The molecule has 134 valence electrons. The van der Waals surface area contributed by atoms with Crippen molar-refractivity contribution in [1.82, 2.24) is 4.98 Å². The van der Waals surface area contributed by atoms with Gasteiger partial charge in [-0.05, 0) is 38.0 Å². The van der Waals surface area contributed by atoms with Crippen LogP contribution in [-0.4, -0.2) is 30.8 Å². The Hall–Kier alpha value is -0.990. The molecule has 0 bridgehead atoms. The Bertz CT molecular complexity index is 696. The number of hydrogen-bond acceptors (Lipinski definition) is 4. The molecule has 1 aliphatic heterocycles. The zero-order valence-corrected chi connectivity index (χ0v) is 16.1. The lowest BCUT2D eigenvalue weighted by Crippen LogP contribution is -2.37. The largest absolute Gasteiger partial charge is 0.376 e. The van der Waals surface area contributed by atoms with E-state index in [0.717, 1.165) is 45.3 Å². The summed E-state index contributed by atoms with van der Waals surface area (Å²) in [5, 5.41) is 9.86. The summed E-state index contributed by atoms with van der Waals surface area (Å²) in [6, 6.07) is 2.04. The molecule has 0 aromatic carbocycles. The molecule has 0 saturated carbocycles. The predicted molar refractivity (Wildman–Crippen MR) is 102 cm³/mol. The van der Waals surface area contributed by atoms with E-state index in [-0.39, 0.29) is 26.9 Å². The maximum atomic E-state index is 9.38. The molecule has 0 N–H and O–H groups in total. The van der Waals surface area contributed by atoms with Crippen LogP contribution in [0, 0.1) is 17.2 Å². The highest BCUT2D eigenvalue weighted by Gasteiger charge is 2.27. The Labute approximate surface area is 163 Å². The number of rotatable bonds is 5. The van der Waals surface area contributed by atoms with Crippen molar-refractivity contribution in [3.63, 3.8) is 0 Å². The van der Waals surface area contributed by atoms with Gasteiger partial charge in [0.1, 0.15) is 11.1 Å². The number of allylic oxidation sites excluding steroid dienone is 2. The average molecular weight is 401 g/mol. The van der Waals surface area contributed by atoms with Crippen molar-refractivity contribution < 1.29 is 4.74 Å². The summed E-state index contributed by atoms with van der Waals surface area (Å²) in [7, 11) is 0. The highest BCUT2D eigenvalue weighted by molar-refractivity contribution is 6.44. The minimum Gasteiger partial charge on any atom is -0.376 e. The molecule has 7 heteroatoms. The van der Waals surface area contributed by atoms with Crippen LogP contribution in [0.1, 0.15) is 37.7 Å². The summed E-state index contributed by atoms with van der Waals surface area (Å²) in [5.41, 5.74) is 0.180. The van der Waals surface area contributed by atoms with Crippen molar-refractivity contribution in [3.8, 4) is 6.07 Å². The maximum Gasteiger partial charge on any atom is 0.151 e. The number of nitrogens with zero attached hydrogens (tertiary/aromatic N) is 3. The molecule has 1 aromatic rings. The van der Waals surface area contributed by atoms with Crippen LogP contribution in [0.15, 0.2) is 12.2 Å². The standard InChI is InChI=1S/C18H20Cl3N3O/c19-15-14(9-22)16(20)18(23-17(15)21)24(11-13-7-4-8-25-13)10-12-5-2-1-3-6-12/h1-2,12-13H,3-8,10-11H2/t12-,13-/m1/s1. The van der Waals surface area contributed by atoms with Gasteiger partial charge in [-0.1, -0.05) is 47.0 Å². The Morgan fingerprint density at radius 3 is 2.68 bits per heavy atom. The van der Waals surface area contributed by atoms with Gasteiger partial charge < -0.3 is 9.64 Å². The van der Waals surface area contributed by atoms with Gasteiger partial charge in [-0.25, -0.2) is 4.98 Å². The number of hydrogen-bond donors (Lipinski definition) is 0. The predicted octanol–water partition coefficient (Wildman–Crippen LogP) is 5.26. The second kappa shape index (κ2) is 8.60. The third kappa shape index (κ3) is 4.41. The monoisotopic (exact) mass is 399 g/mol. The van der Waals surface area contributed by atoms with Gasteiger partial charge in [0.2, 0.25) is 0 Å². The van der Waals surface area contributed by atoms with Gasteiger partial charge in [-0.15, -0.1) is 0 Å². The van der Waals surface area contributed by atoms with Gasteiger partial charge in [0.25, 0.3) is 0 Å². The summed E-state index contributed by atoms with van der Waals surface area (Å²) < 4.78 is 5.79. The van der Waals surface area contributed by atoms with E-state index in [2.05, 4.69) is 22.0 Å². The number of anilines is 1. The molecule has 0 radical (unpaired) electrons. The van der Waals surface area contributed by atoms with Crippen LogP contribution < -0.4 is 4.90 Å². The average Bonchev–Trinajstić information content (AvgIpc) is 3.12. The first kappa shape index (κ1) is 18.8. The zero-order chi connectivity index (χ0) is 17.8. The number of pyridine rings is 1. The molecule has 2 aliphatic rings. The minimum absolute atomic E-state index is 0.107. The lowest BCUT2D eigenvalue weighted by Gasteiger charge is -2.32. The first-order valence-electron chi connectivity index (χ1n) is 8.56. The Morgan fingerprint density at radius 1 is 1.20 bits per heavy atom. The number of nitriles is 1. The molecule has 1 aromatic heterocycles. The first-order chi connectivity index (χ1) is 12.1. The van der Waals surface area contributed by atoms with Gasteiger partial charge >= 0.3 is 0 Å². The summed E-state index contributed by atoms with van der Waals surface area (Å²) in [5.74, 6) is 1.04.